The number of nitrogens with two attached hydrogens (primary N) is 2. The largest absolute Gasteiger partial charge is 0.388 e. The number of rotatable bonds is 7. The predicted molar refractivity (Wildman–Crippen MR) is 77.8 cm³/mol. The first-order valence-electron chi connectivity index (χ1n) is 7.05. The molecule has 2 aromatic rings. The first-order valence-corrected chi connectivity index (χ1v) is 7.05. The molecule has 1 atom stereocenters. The van der Waals surface area contributed by atoms with Crippen molar-refractivity contribution in [2.75, 3.05) is 19.6 Å². The van der Waals surface area contributed by atoms with Crippen LogP contribution >= 0.6 is 0 Å². The normalized spacial score (nSPS) is 12.7. The number of fused-ring (bicyclic) bond motifs is 1. The molecule has 2 aromatic carbocycles. The molecular formula is C16H24N2O+2. The zero-order valence-corrected chi connectivity index (χ0v) is 11.5. The van der Waals surface area contributed by atoms with Gasteiger partial charge in [0.2, 0.25) is 0 Å². The maximum absolute atomic E-state index is 9.16. The highest BCUT2D eigenvalue weighted by Gasteiger charge is 2.02. The summed E-state index contributed by atoms with van der Waals surface area (Å²) >= 11 is 0. The fraction of sp³-hybridized carbons (Fsp3) is 0.375. The lowest BCUT2D eigenvalue weighted by atomic mass is 10.0. The van der Waals surface area contributed by atoms with Crippen molar-refractivity contribution in [3.05, 3.63) is 48.0 Å². The van der Waals surface area contributed by atoms with Gasteiger partial charge in [-0.1, -0.05) is 42.5 Å². The molecule has 19 heavy (non-hydrogen) atoms. The van der Waals surface area contributed by atoms with Gasteiger partial charge in [0.05, 0.1) is 6.10 Å². The van der Waals surface area contributed by atoms with Crippen LogP contribution in [0.15, 0.2) is 42.5 Å². The zero-order valence-electron chi connectivity index (χ0n) is 11.5. The Hall–Kier alpha value is -1.42. The fourth-order valence-electron chi connectivity index (χ4n) is 2.32. The van der Waals surface area contributed by atoms with Crippen LogP contribution in [0.4, 0.5) is 0 Å². The molecule has 0 saturated heterocycles. The molecule has 5 N–H and O–H groups in total. The summed E-state index contributed by atoms with van der Waals surface area (Å²) in [4.78, 5) is 0. The van der Waals surface area contributed by atoms with E-state index in [0.29, 0.717) is 0 Å². The summed E-state index contributed by atoms with van der Waals surface area (Å²) in [5, 5.41) is 16.3. The summed E-state index contributed by atoms with van der Waals surface area (Å²) in [7, 11) is 0. The van der Waals surface area contributed by atoms with Crippen molar-refractivity contribution >= 4 is 10.8 Å². The third-order valence-electron chi connectivity index (χ3n) is 3.33. The van der Waals surface area contributed by atoms with E-state index in [2.05, 4.69) is 53.1 Å². The van der Waals surface area contributed by atoms with E-state index < -0.39 is 0 Å². The first-order chi connectivity index (χ1) is 9.27. The highest BCUT2D eigenvalue weighted by atomic mass is 16.3. The van der Waals surface area contributed by atoms with E-state index in [1.54, 1.807) is 0 Å². The number of quaternary nitrogens is 2. The van der Waals surface area contributed by atoms with Crippen LogP contribution in [0.2, 0.25) is 0 Å². The van der Waals surface area contributed by atoms with Gasteiger partial charge >= 0.3 is 0 Å². The summed E-state index contributed by atoms with van der Waals surface area (Å²) < 4.78 is 0. The number of aliphatic hydroxyl groups is 1. The molecule has 0 fully saturated rings. The van der Waals surface area contributed by atoms with Crippen LogP contribution in [0, 0.1) is 0 Å². The molecule has 102 valence electrons. The molecule has 0 aliphatic rings. The number of benzene rings is 2. The van der Waals surface area contributed by atoms with Crippen LogP contribution in [-0.4, -0.2) is 30.8 Å². The van der Waals surface area contributed by atoms with E-state index in [1.807, 2.05) is 6.92 Å². The van der Waals surface area contributed by atoms with Gasteiger partial charge in [-0.05, 0) is 17.7 Å². The predicted octanol–water partition coefficient (Wildman–Crippen LogP) is -0.153. The molecule has 3 heteroatoms. The zero-order chi connectivity index (χ0) is 13.5. The van der Waals surface area contributed by atoms with Crippen molar-refractivity contribution in [3.63, 3.8) is 0 Å². The van der Waals surface area contributed by atoms with Crippen molar-refractivity contribution < 1.29 is 15.7 Å². The van der Waals surface area contributed by atoms with Crippen LogP contribution in [0.5, 0.6) is 0 Å². The van der Waals surface area contributed by atoms with Gasteiger partial charge < -0.3 is 15.7 Å². The molecule has 0 radical (unpaired) electrons. The van der Waals surface area contributed by atoms with E-state index in [4.69, 9.17) is 5.11 Å². The lowest BCUT2D eigenvalue weighted by molar-refractivity contribution is -0.733. The van der Waals surface area contributed by atoms with Crippen molar-refractivity contribution in [2.45, 2.75) is 19.6 Å². The second-order valence-electron chi connectivity index (χ2n) is 5.08. The Bertz CT molecular complexity index is 506. The Morgan fingerprint density at radius 2 is 1.74 bits per heavy atom. The van der Waals surface area contributed by atoms with Crippen molar-refractivity contribution in [3.8, 4) is 0 Å². The topological polar surface area (TPSA) is 53.5 Å². The molecule has 0 unspecified atom stereocenters. The van der Waals surface area contributed by atoms with E-state index >= 15 is 0 Å². The van der Waals surface area contributed by atoms with Gasteiger partial charge in [-0.25, -0.2) is 0 Å². The maximum atomic E-state index is 9.16. The van der Waals surface area contributed by atoms with E-state index in [-0.39, 0.29) is 6.10 Å². The van der Waals surface area contributed by atoms with Crippen molar-refractivity contribution in [1.82, 2.24) is 0 Å². The summed E-state index contributed by atoms with van der Waals surface area (Å²) in [6, 6.07) is 15.0. The Labute approximate surface area is 114 Å². The monoisotopic (exact) mass is 260 g/mol. The third kappa shape index (κ3) is 4.31. The molecule has 0 heterocycles. The second kappa shape index (κ2) is 7.24. The van der Waals surface area contributed by atoms with Gasteiger partial charge in [0, 0.05) is 5.56 Å². The number of hydrogen-bond donors (Lipinski definition) is 3. The van der Waals surface area contributed by atoms with E-state index in [1.165, 1.54) is 16.3 Å². The molecule has 0 aliphatic heterocycles. The highest BCUT2D eigenvalue weighted by molar-refractivity contribution is 5.85. The number of aliphatic hydroxyl groups excluding tert-OH is 1. The van der Waals surface area contributed by atoms with Gasteiger partial charge in [0.25, 0.3) is 0 Å². The van der Waals surface area contributed by atoms with Crippen LogP contribution in [-0.2, 0) is 6.54 Å². The molecule has 3 nitrogen and oxygen atoms in total. The number of hydrogen-bond acceptors (Lipinski definition) is 1. The highest BCUT2D eigenvalue weighted by Crippen LogP contribution is 2.17. The quantitative estimate of drug-likeness (QED) is 0.596. The SMILES string of the molecule is C[C@H](O)C[NH2+]CC[NH2+]Cc1cccc2ccccc12. The van der Waals surface area contributed by atoms with Gasteiger partial charge in [-0.15, -0.1) is 0 Å². The molecular weight excluding hydrogens is 236 g/mol. The third-order valence-corrected chi connectivity index (χ3v) is 3.33. The van der Waals surface area contributed by atoms with Gasteiger partial charge in [0.15, 0.2) is 0 Å². The Morgan fingerprint density at radius 1 is 1.00 bits per heavy atom. The molecule has 0 bridgehead atoms. The Balaban J connectivity index is 1.82. The van der Waals surface area contributed by atoms with Gasteiger partial charge in [-0.2, -0.15) is 0 Å². The van der Waals surface area contributed by atoms with Gasteiger partial charge in [0.1, 0.15) is 26.2 Å². The van der Waals surface area contributed by atoms with Crippen molar-refractivity contribution in [2.24, 2.45) is 0 Å². The van der Waals surface area contributed by atoms with Crippen LogP contribution < -0.4 is 10.6 Å². The molecule has 0 amide bonds. The minimum atomic E-state index is -0.210. The molecule has 0 spiro atoms. The van der Waals surface area contributed by atoms with Crippen LogP contribution in [0.25, 0.3) is 10.8 Å². The van der Waals surface area contributed by atoms with Gasteiger partial charge in [-0.3, -0.25) is 0 Å². The van der Waals surface area contributed by atoms with Crippen LogP contribution in [0.1, 0.15) is 12.5 Å². The average molecular weight is 260 g/mol. The maximum Gasteiger partial charge on any atom is 0.125 e. The standard InChI is InChI=1S/C16H22N2O/c1-13(19)11-17-9-10-18-12-15-7-4-6-14-5-2-3-8-16(14)15/h2-8,13,17-19H,9-12H2,1H3/p+2/t13-/m0/s1. The lowest BCUT2D eigenvalue weighted by Crippen LogP contribution is -2.95. The fourth-order valence-corrected chi connectivity index (χ4v) is 2.32. The van der Waals surface area contributed by atoms with E-state index in [0.717, 1.165) is 26.2 Å². The van der Waals surface area contributed by atoms with Crippen LogP contribution in [0.3, 0.4) is 0 Å². The smallest absolute Gasteiger partial charge is 0.125 e. The van der Waals surface area contributed by atoms with Crippen molar-refractivity contribution in [1.29, 1.82) is 0 Å². The molecule has 2 rings (SSSR count). The summed E-state index contributed by atoms with van der Waals surface area (Å²) in [5.41, 5.74) is 1.40. The molecule has 0 saturated carbocycles. The average Bonchev–Trinajstić information content (AvgIpc) is 2.42. The summed E-state index contributed by atoms with van der Waals surface area (Å²) in [6.07, 6.45) is -0.210. The minimum absolute atomic E-state index is 0.210. The second-order valence-corrected chi connectivity index (χ2v) is 5.08. The molecule has 0 aromatic heterocycles. The first kappa shape index (κ1) is 14.0. The Kier molecular flexibility index (Phi) is 5.33. The summed E-state index contributed by atoms with van der Waals surface area (Å²) in [6.45, 7) is 5.77. The summed E-state index contributed by atoms with van der Waals surface area (Å²) in [5.74, 6) is 0. The Morgan fingerprint density at radius 3 is 2.58 bits per heavy atom. The lowest BCUT2D eigenvalue weighted by Gasteiger charge is -2.06. The van der Waals surface area contributed by atoms with E-state index in [9.17, 15) is 0 Å². The molecule has 0 aliphatic carbocycles. The minimum Gasteiger partial charge on any atom is -0.388 e.